The number of nitrogens with two attached hydrogens (primary N) is 1. The summed E-state index contributed by atoms with van der Waals surface area (Å²) < 4.78 is 0. The van der Waals surface area contributed by atoms with Crippen LogP contribution in [0.5, 0.6) is 0 Å². The van der Waals surface area contributed by atoms with Crippen LogP contribution in [-0.2, 0) is 0 Å². The number of aromatic nitrogens is 3. The largest absolute Gasteiger partial charge is 0.396 e. The van der Waals surface area contributed by atoms with Gasteiger partial charge in [-0.1, -0.05) is 13.3 Å². The van der Waals surface area contributed by atoms with Gasteiger partial charge < -0.3 is 21.1 Å². The summed E-state index contributed by atoms with van der Waals surface area (Å²) in [5.74, 6) is 1.74. The smallest absolute Gasteiger partial charge is 0.231 e. The van der Waals surface area contributed by atoms with Crippen molar-refractivity contribution in [1.82, 2.24) is 15.0 Å². The van der Waals surface area contributed by atoms with Crippen molar-refractivity contribution in [2.45, 2.75) is 40.0 Å². The van der Waals surface area contributed by atoms with E-state index in [1.807, 2.05) is 4.90 Å². The lowest BCUT2D eigenvalue weighted by atomic mass is 10.0. The van der Waals surface area contributed by atoms with Crippen molar-refractivity contribution in [1.29, 1.82) is 0 Å². The fraction of sp³-hybridized carbons (Fsp3) is 0.786. The number of hydrogen-bond acceptors (Lipinski definition) is 7. The van der Waals surface area contributed by atoms with Crippen LogP contribution in [0.25, 0.3) is 0 Å². The van der Waals surface area contributed by atoms with Crippen LogP contribution < -0.4 is 16.0 Å². The second kappa shape index (κ2) is 9.33. The zero-order valence-corrected chi connectivity index (χ0v) is 13.3. The van der Waals surface area contributed by atoms with Gasteiger partial charge in [0.05, 0.1) is 0 Å². The molecule has 120 valence electrons. The van der Waals surface area contributed by atoms with Gasteiger partial charge in [-0.3, -0.25) is 0 Å². The molecule has 0 radical (unpaired) electrons. The van der Waals surface area contributed by atoms with Crippen LogP contribution in [0.4, 0.5) is 17.8 Å². The van der Waals surface area contributed by atoms with E-state index < -0.39 is 0 Å². The summed E-state index contributed by atoms with van der Waals surface area (Å²) in [4.78, 5) is 14.8. The zero-order valence-electron chi connectivity index (χ0n) is 13.3. The number of anilines is 3. The van der Waals surface area contributed by atoms with E-state index >= 15 is 0 Å². The zero-order chi connectivity index (χ0) is 15.7. The third kappa shape index (κ3) is 5.71. The molecule has 0 bridgehead atoms. The van der Waals surface area contributed by atoms with Crippen LogP contribution in [0.3, 0.4) is 0 Å². The predicted molar refractivity (Wildman–Crippen MR) is 86.4 cm³/mol. The molecule has 0 saturated carbocycles. The Morgan fingerprint density at radius 1 is 1.14 bits per heavy atom. The predicted octanol–water partition coefficient (Wildman–Crippen LogP) is 1.51. The van der Waals surface area contributed by atoms with E-state index in [0.29, 0.717) is 17.8 Å². The topological polar surface area (TPSA) is 100 Å². The Morgan fingerprint density at radius 3 is 2.43 bits per heavy atom. The summed E-state index contributed by atoms with van der Waals surface area (Å²) in [6.45, 7) is 8.82. The molecule has 0 aliphatic carbocycles. The lowest BCUT2D eigenvalue weighted by Crippen LogP contribution is -2.26. The number of aliphatic hydroxyl groups is 1. The molecule has 0 spiro atoms. The summed E-state index contributed by atoms with van der Waals surface area (Å²) in [6.07, 6.45) is 2.94. The fourth-order valence-electron chi connectivity index (χ4n) is 2.28. The molecule has 0 aliphatic heterocycles. The number of nitrogen functional groups attached to an aromatic ring is 1. The minimum atomic E-state index is 0.205. The molecule has 0 saturated heterocycles. The fourth-order valence-corrected chi connectivity index (χ4v) is 2.28. The summed E-state index contributed by atoms with van der Waals surface area (Å²) in [6, 6.07) is 0. The van der Waals surface area contributed by atoms with Gasteiger partial charge in [0.1, 0.15) is 0 Å². The minimum Gasteiger partial charge on any atom is -0.396 e. The second-order valence-electron chi connectivity index (χ2n) is 5.04. The molecule has 0 fully saturated rings. The molecule has 1 aromatic rings. The second-order valence-corrected chi connectivity index (χ2v) is 5.04. The molecule has 1 rings (SSSR count). The van der Waals surface area contributed by atoms with Gasteiger partial charge in [0.25, 0.3) is 0 Å². The number of aliphatic hydroxyl groups excluding tert-OH is 1. The first kappa shape index (κ1) is 17.4. The molecule has 4 N–H and O–H groups in total. The van der Waals surface area contributed by atoms with E-state index in [-0.39, 0.29) is 12.6 Å². The first-order valence-electron chi connectivity index (χ1n) is 7.75. The SMILES string of the molecule is CCCC(CCO)CNc1nc(N)nc(N(CC)CC)n1. The third-order valence-electron chi connectivity index (χ3n) is 3.47. The van der Waals surface area contributed by atoms with Crippen LogP contribution in [0.15, 0.2) is 0 Å². The highest BCUT2D eigenvalue weighted by Gasteiger charge is 2.12. The molecule has 1 aromatic heterocycles. The van der Waals surface area contributed by atoms with Crippen LogP contribution in [0, 0.1) is 5.92 Å². The summed E-state index contributed by atoms with van der Waals surface area (Å²) in [5, 5.41) is 12.3. The number of nitrogens with one attached hydrogen (secondary N) is 1. The molecule has 0 amide bonds. The van der Waals surface area contributed by atoms with Gasteiger partial charge in [-0.15, -0.1) is 0 Å². The Bertz CT molecular complexity index is 404. The van der Waals surface area contributed by atoms with E-state index in [1.165, 1.54) is 0 Å². The Balaban J connectivity index is 2.73. The lowest BCUT2D eigenvalue weighted by Gasteiger charge is -2.20. The van der Waals surface area contributed by atoms with Crippen LogP contribution >= 0.6 is 0 Å². The molecule has 0 aliphatic rings. The third-order valence-corrected chi connectivity index (χ3v) is 3.47. The van der Waals surface area contributed by atoms with Gasteiger partial charge in [0.2, 0.25) is 17.8 Å². The maximum Gasteiger partial charge on any atom is 0.231 e. The molecule has 1 heterocycles. The van der Waals surface area contributed by atoms with Crippen molar-refractivity contribution in [3.05, 3.63) is 0 Å². The average molecular weight is 296 g/mol. The van der Waals surface area contributed by atoms with Gasteiger partial charge in [0.15, 0.2) is 0 Å². The van der Waals surface area contributed by atoms with E-state index in [1.54, 1.807) is 0 Å². The van der Waals surface area contributed by atoms with Gasteiger partial charge in [0, 0.05) is 26.2 Å². The Hall–Kier alpha value is -1.63. The number of rotatable bonds is 10. The van der Waals surface area contributed by atoms with E-state index in [4.69, 9.17) is 10.8 Å². The van der Waals surface area contributed by atoms with Gasteiger partial charge in [-0.05, 0) is 32.6 Å². The maximum absolute atomic E-state index is 9.09. The van der Waals surface area contributed by atoms with Gasteiger partial charge in [-0.25, -0.2) is 0 Å². The molecule has 7 heteroatoms. The van der Waals surface area contributed by atoms with E-state index in [9.17, 15) is 0 Å². The highest BCUT2D eigenvalue weighted by Crippen LogP contribution is 2.14. The number of hydrogen-bond donors (Lipinski definition) is 3. The van der Waals surface area contributed by atoms with E-state index in [0.717, 1.165) is 38.9 Å². The van der Waals surface area contributed by atoms with Crippen molar-refractivity contribution in [2.24, 2.45) is 5.92 Å². The average Bonchev–Trinajstić information content (AvgIpc) is 2.46. The van der Waals surface area contributed by atoms with Crippen molar-refractivity contribution >= 4 is 17.8 Å². The van der Waals surface area contributed by atoms with Crippen molar-refractivity contribution in [2.75, 3.05) is 42.2 Å². The van der Waals surface area contributed by atoms with Crippen LogP contribution in [0.1, 0.15) is 40.0 Å². The highest BCUT2D eigenvalue weighted by atomic mass is 16.3. The molecular formula is C14H28N6O. The maximum atomic E-state index is 9.09. The highest BCUT2D eigenvalue weighted by molar-refractivity contribution is 5.41. The molecular weight excluding hydrogens is 268 g/mol. The molecule has 0 aromatic carbocycles. The Kier molecular flexibility index (Phi) is 7.74. The molecule has 7 nitrogen and oxygen atoms in total. The Labute approximate surface area is 127 Å². The molecule has 21 heavy (non-hydrogen) atoms. The van der Waals surface area contributed by atoms with Crippen molar-refractivity contribution in [3.8, 4) is 0 Å². The van der Waals surface area contributed by atoms with Crippen molar-refractivity contribution in [3.63, 3.8) is 0 Å². The van der Waals surface area contributed by atoms with E-state index in [2.05, 4.69) is 41.0 Å². The summed E-state index contributed by atoms with van der Waals surface area (Å²) in [5.41, 5.74) is 5.76. The quantitative estimate of drug-likeness (QED) is 0.601. The van der Waals surface area contributed by atoms with Crippen LogP contribution in [0.2, 0.25) is 0 Å². The standard InChI is InChI=1S/C14H28N6O/c1-4-7-11(8-9-21)10-16-13-17-12(15)18-14(19-13)20(5-2)6-3/h11,21H,4-10H2,1-3H3,(H3,15,16,17,18,19). The lowest BCUT2D eigenvalue weighted by molar-refractivity contribution is 0.255. The van der Waals surface area contributed by atoms with Crippen molar-refractivity contribution < 1.29 is 5.11 Å². The summed E-state index contributed by atoms with van der Waals surface area (Å²) in [7, 11) is 0. The monoisotopic (exact) mass is 296 g/mol. The van der Waals surface area contributed by atoms with Crippen LogP contribution in [-0.4, -0.2) is 46.3 Å². The Morgan fingerprint density at radius 2 is 1.86 bits per heavy atom. The van der Waals surface area contributed by atoms with Gasteiger partial charge in [-0.2, -0.15) is 15.0 Å². The minimum absolute atomic E-state index is 0.205. The normalized spacial score (nSPS) is 12.2. The first-order chi connectivity index (χ1) is 10.1. The molecule has 1 atom stereocenters. The number of nitrogens with zero attached hydrogens (tertiary/aromatic N) is 4. The molecule has 1 unspecified atom stereocenters. The first-order valence-corrected chi connectivity index (χ1v) is 7.75. The van der Waals surface area contributed by atoms with Gasteiger partial charge >= 0.3 is 0 Å². The summed E-state index contributed by atoms with van der Waals surface area (Å²) >= 11 is 0.